The molecule has 0 spiro atoms. The normalized spacial score (nSPS) is 19.5. The van der Waals surface area contributed by atoms with Crippen LogP contribution in [0.3, 0.4) is 0 Å². The number of hydrogen-bond acceptors (Lipinski definition) is 4. The van der Waals surface area contributed by atoms with Crippen LogP contribution in [0.15, 0.2) is 24.3 Å². The van der Waals surface area contributed by atoms with Crippen molar-refractivity contribution in [3.63, 3.8) is 0 Å². The SMILES string of the molecule is CNCC(=O)c1ccccc1OC1CCCOC1. The first-order valence-corrected chi connectivity index (χ1v) is 6.32. The van der Waals surface area contributed by atoms with Crippen LogP contribution in [0.4, 0.5) is 0 Å². The lowest BCUT2D eigenvalue weighted by Crippen LogP contribution is -2.29. The number of carbonyl (C=O) groups is 1. The highest BCUT2D eigenvalue weighted by atomic mass is 16.5. The number of likely N-dealkylation sites (N-methyl/N-ethyl adjacent to an activating group) is 1. The maximum atomic E-state index is 11.9. The monoisotopic (exact) mass is 249 g/mol. The van der Waals surface area contributed by atoms with Gasteiger partial charge in [0.05, 0.1) is 18.7 Å². The summed E-state index contributed by atoms with van der Waals surface area (Å²) in [7, 11) is 1.76. The number of nitrogens with one attached hydrogen (secondary N) is 1. The first-order chi connectivity index (χ1) is 8.81. The third kappa shape index (κ3) is 3.31. The molecule has 1 aromatic rings. The minimum absolute atomic E-state index is 0.0461. The molecule has 0 aliphatic carbocycles. The standard InChI is InChI=1S/C14H19NO3/c1-15-9-13(16)12-6-2-3-7-14(12)18-11-5-4-8-17-10-11/h2-3,6-7,11,15H,4-5,8-10H2,1H3. The van der Waals surface area contributed by atoms with Gasteiger partial charge >= 0.3 is 0 Å². The fraction of sp³-hybridized carbons (Fsp3) is 0.500. The first kappa shape index (κ1) is 13.1. The molecule has 2 rings (SSSR count). The zero-order chi connectivity index (χ0) is 12.8. The fourth-order valence-corrected chi connectivity index (χ4v) is 2.04. The van der Waals surface area contributed by atoms with Crippen molar-refractivity contribution in [1.82, 2.24) is 5.32 Å². The molecule has 1 atom stereocenters. The van der Waals surface area contributed by atoms with E-state index in [9.17, 15) is 4.79 Å². The molecular formula is C14H19NO3. The van der Waals surface area contributed by atoms with Gasteiger partial charge in [-0.3, -0.25) is 4.79 Å². The Bertz CT molecular complexity index is 400. The summed E-state index contributed by atoms with van der Waals surface area (Å²) in [6.07, 6.45) is 2.05. The Morgan fingerprint density at radius 3 is 3.06 bits per heavy atom. The Hall–Kier alpha value is -1.39. The van der Waals surface area contributed by atoms with Crippen LogP contribution in [0.25, 0.3) is 0 Å². The Morgan fingerprint density at radius 1 is 1.50 bits per heavy atom. The van der Waals surface area contributed by atoms with Gasteiger partial charge < -0.3 is 14.8 Å². The summed E-state index contributed by atoms with van der Waals surface area (Å²) in [5, 5.41) is 2.87. The molecular weight excluding hydrogens is 230 g/mol. The predicted octanol–water partition coefficient (Wildman–Crippen LogP) is 1.65. The molecule has 1 aromatic carbocycles. The van der Waals surface area contributed by atoms with Gasteiger partial charge in [0.25, 0.3) is 0 Å². The molecule has 98 valence electrons. The Labute approximate surface area is 107 Å². The summed E-state index contributed by atoms with van der Waals surface area (Å²) in [5.74, 6) is 0.707. The summed E-state index contributed by atoms with van der Waals surface area (Å²) in [6, 6.07) is 7.39. The molecule has 0 bridgehead atoms. The molecule has 4 nitrogen and oxygen atoms in total. The zero-order valence-corrected chi connectivity index (χ0v) is 10.6. The fourth-order valence-electron chi connectivity index (χ4n) is 2.04. The third-order valence-corrected chi connectivity index (χ3v) is 2.94. The molecule has 1 unspecified atom stereocenters. The van der Waals surface area contributed by atoms with Crippen LogP contribution in [0.2, 0.25) is 0 Å². The van der Waals surface area contributed by atoms with Crippen molar-refractivity contribution >= 4 is 5.78 Å². The highest BCUT2D eigenvalue weighted by molar-refractivity contribution is 6.00. The summed E-state index contributed by atoms with van der Waals surface area (Å²) >= 11 is 0. The number of benzene rings is 1. The lowest BCUT2D eigenvalue weighted by Gasteiger charge is -2.24. The Balaban J connectivity index is 2.08. The third-order valence-electron chi connectivity index (χ3n) is 2.94. The van der Waals surface area contributed by atoms with E-state index in [1.165, 1.54) is 0 Å². The predicted molar refractivity (Wildman–Crippen MR) is 69.2 cm³/mol. The molecule has 4 heteroatoms. The highest BCUT2D eigenvalue weighted by Crippen LogP contribution is 2.22. The number of rotatable bonds is 5. The number of Topliss-reactive ketones (excluding diaryl/α,β-unsaturated/α-hetero) is 1. The topological polar surface area (TPSA) is 47.6 Å². The van der Waals surface area contributed by atoms with Crippen LogP contribution in [0, 0.1) is 0 Å². The van der Waals surface area contributed by atoms with Gasteiger partial charge in [0.1, 0.15) is 11.9 Å². The van der Waals surface area contributed by atoms with Gasteiger partial charge in [0, 0.05) is 6.61 Å². The first-order valence-electron chi connectivity index (χ1n) is 6.32. The highest BCUT2D eigenvalue weighted by Gasteiger charge is 2.18. The van der Waals surface area contributed by atoms with Crippen molar-refractivity contribution in [2.45, 2.75) is 18.9 Å². The molecule has 0 aromatic heterocycles. The maximum absolute atomic E-state index is 11.9. The van der Waals surface area contributed by atoms with Crippen molar-refractivity contribution in [2.75, 3.05) is 26.8 Å². The number of ether oxygens (including phenoxy) is 2. The number of para-hydroxylation sites is 1. The van der Waals surface area contributed by atoms with E-state index >= 15 is 0 Å². The van der Waals surface area contributed by atoms with Crippen LogP contribution in [-0.2, 0) is 4.74 Å². The molecule has 0 radical (unpaired) electrons. The zero-order valence-electron chi connectivity index (χ0n) is 10.6. The van der Waals surface area contributed by atoms with Crippen molar-refractivity contribution in [1.29, 1.82) is 0 Å². The number of carbonyl (C=O) groups excluding carboxylic acids is 1. The van der Waals surface area contributed by atoms with E-state index in [0.717, 1.165) is 19.4 Å². The molecule has 0 saturated carbocycles. The van der Waals surface area contributed by atoms with Gasteiger partial charge in [-0.1, -0.05) is 12.1 Å². The second kappa shape index (κ2) is 6.52. The van der Waals surface area contributed by atoms with Crippen molar-refractivity contribution in [3.8, 4) is 5.75 Å². The minimum atomic E-state index is 0.0461. The van der Waals surface area contributed by atoms with Gasteiger partial charge in [-0.05, 0) is 32.0 Å². The van der Waals surface area contributed by atoms with Gasteiger partial charge in [0.15, 0.2) is 5.78 Å². The average Bonchev–Trinajstić information content (AvgIpc) is 2.41. The van der Waals surface area contributed by atoms with Gasteiger partial charge in [-0.15, -0.1) is 0 Å². The second-order valence-electron chi connectivity index (χ2n) is 4.41. The van der Waals surface area contributed by atoms with Crippen LogP contribution < -0.4 is 10.1 Å². The lowest BCUT2D eigenvalue weighted by molar-refractivity contribution is 0.00711. The van der Waals surface area contributed by atoms with Gasteiger partial charge in [-0.25, -0.2) is 0 Å². The Kier molecular flexibility index (Phi) is 4.73. The van der Waals surface area contributed by atoms with E-state index in [4.69, 9.17) is 9.47 Å². The van der Waals surface area contributed by atoms with Crippen LogP contribution in [-0.4, -0.2) is 38.7 Å². The minimum Gasteiger partial charge on any atom is -0.487 e. The molecule has 1 heterocycles. The largest absolute Gasteiger partial charge is 0.487 e. The second-order valence-corrected chi connectivity index (χ2v) is 4.41. The van der Waals surface area contributed by atoms with E-state index in [1.54, 1.807) is 13.1 Å². The summed E-state index contributed by atoms with van der Waals surface area (Å²) in [4.78, 5) is 11.9. The summed E-state index contributed by atoms with van der Waals surface area (Å²) < 4.78 is 11.3. The van der Waals surface area contributed by atoms with E-state index in [1.807, 2.05) is 18.2 Å². The molecule has 1 aliphatic rings. The molecule has 1 aliphatic heterocycles. The van der Waals surface area contributed by atoms with E-state index < -0.39 is 0 Å². The Morgan fingerprint density at radius 2 is 2.33 bits per heavy atom. The van der Waals surface area contributed by atoms with Crippen LogP contribution in [0.1, 0.15) is 23.2 Å². The van der Waals surface area contributed by atoms with Crippen molar-refractivity contribution < 1.29 is 14.3 Å². The number of ketones is 1. The van der Waals surface area contributed by atoms with Crippen LogP contribution >= 0.6 is 0 Å². The van der Waals surface area contributed by atoms with Gasteiger partial charge in [-0.2, -0.15) is 0 Å². The summed E-state index contributed by atoms with van der Waals surface area (Å²) in [5.41, 5.74) is 0.637. The van der Waals surface area contributed by atoms with Crippen molar-refractivity contribution in [2.24, 2.45) is 0 Å². The number of hydrogen-bond donors (Lipinski definition) is 1. The molecule has 1 saturated heterocycles. The van der Waals surface area contributed by atoms with E-state index in [0.29, 0.717) is 24.5 Å². The van der Waals surface area contributed by atoms with Gasteiger partial charge in [0.2, 0.25) is 0 Å². The quantitative estimate of drug-likeness (QED) is 0.806. The van der Waals surface area contributed by atoms with Crippen molar-refractivity contribution in [3.05, 3.63) is 29.8 Å². The molecule has 1 N–H and O–H groups in total. The maximum Gasteiger partial charge on any atom is 0.180 e. The van der Waals surface area contributed by atoms with E-state index in [2.05, 4.69) is 5.32 Å². The van der Waals surface area contributed by atoms with Crippen LogP contribution in [0.5, 0.6) is 5.75 Å². The molecule has 18 heavy (non-hydrogen) atoms. The van der Waals surface area contributed by atoms with E-state index in [-0.39, 0.29) is 11.9 Å². The average molecular weight is 249 g/mol. The molecule has 0 amide bonds. The smallest absolute Gasteiger partial charge is 0.180 e. The lowest BCUT2D eigenvalue weighted by atomic mass is 10.1. The molecule has 1 fully saturated rings. The summed E-state index contributed by atoms with van der Waals surface area (Å²) in [6.45, 7) is 1.73.